The number of hydrogen-bond donors (Lipinski definition) is 9. The minimum Gasteiger partial charge on any atom is -0.349 e. The van der Waals surface area contributed by atoms with Crippen molar-refractivity contribution >= 4 is 58.9 Å². The van der Waals surface area contributed by atoms with Crippen molar-refractivity contribution in [1.82, 2.24) is 47.9 Å². The molecule has 10 atom stereocenters. The molecule has 19 nitrogen and oxygen atoms in total. The van der Waals surface area contributed by atoms with Crippen LogP contribution in [0.2, 0.25) is 0 Å². The lowest BCUT2D eigenvalue weighted by atomic mass is 9.80. The van der Waals surface area contributed by atoms with Crippen LogP contribution in [0.4, 0.5) is 0 Å². The van der Waals surface area contributed by atoms with Crippen LogP contribution in [0.3, 0.4) is 0 Å². The summed E-state index contributed by atoms with van der Waals surface area (Å²) in [6, 6.07) is 30.9. The van der Waals surface area contributed by atoms with Crippen LogP contribution in [0.15, 0.2) is 121 Å². The van der Waals surface area contributed by atoms with Crippen molar-refractivity contribution in [2.24, 2.45) is 5.92 Å². The molecule has 5 saturated carbocycles. The SMILES string of the molecule is O=C1CC2CCCCC2NC(=O)c2cccc(c2)C(=O)NC2CCCCC2NC(=O)c2cccc(c2)C(=O)NC2CCCCC2NC(=O)c2cccc1c2.O=C1NC2CCCCC2NC(=O)c2cccc(c2)C(=O)NC2CCCCC2NC(=O)c2cccc1c2. The Kier molecular flexibility index (Phi) is 20.2. The van der Waals surface area contributed by atoms with Gasteiger partial charge in [0.1, 0.15) is 0 Å². The molecule has 0 saturated heterocycles. The van der Waals surface area contributed by atoms with Crippen LogP contribution in [0, 0.1) is 5.92 Å². The lowest BCUT2D eigenvalue weighted by Gasteiger charge is -2.33. The second-order valence-corrected chi connectivity index (χ2v) is 25.4. The summed E-state index contributed by atoms with van der Waals surface area (Å²) in [6.45, 7) is 0. The van der Waals surface area contributed by atoms with Gasteiger partial charge in [0.25, 0.3) is 53.2 Å². The second kappa shape index (κ2) is 29.1. The number of carbonyl (C=O) groups excluding carboxylic acids is 10. The summed E-state index contributed by atoms with van der Waals surface area (Å²) in [5.41, 5.74) is 3.78. The van der Waals surface area contributed by atoms with E-state index in [9.17, 15) is 47.9 Å². The lowest BCUT2D eigenvalue weighted by Crippen LogP contribution is -2.53. The van der Waals surface area contributed by atoms with Crippen molar-refractivity contribution < 1.29 is 47.9 Å². The zero-order valence-electron chi connectivity index (χ0n) is 50.8. The molecule has 90 heavy (non-hydrogen) atoms. The van der Waals surface area contributed by atoms with Crippen LogP contribution in [0.5, 0.6) is 0 Å². The second-order valence-electron chi connectivity index (χ2n) is 25.4. The van der Waals surface area contributed by atoms with Crippen molar-refractivity contribution in [2.75, 3.05) is 0 Å². The molecule has 2 heterocycles. The number of rotatable bonds is 0. The van der Waals surface area contributed by atoms with Gasteiger partial charge in [-0.25, -0.2) is 0 Å². The van der Waals surface area contributed by atoms with E-state index in [2.05, 4.69) is 47.9 Å². The largest absolute Gasteiger partial charge is 0.349 e. The number of amides is 9. The van der Waals surface area contributed by atoms with Gasteiger partial charge in [-0.05, 0) is 155 Å². The first-order valence-corrected chi connectivity index (χ1v) is 32.5. The standard InChI is InChI=1S/C43H49N5O6.C28H32N4O4/c49-38-25-26-10-1-2-17-33(26)44-39(50)29-13-8-14-30(23-29)41(52)47-36-20-5-6-21-37(36)48-43(54)32-16-9-15-31(24-32)42(53)46-35-19-4-3-18-34(35)45-40(51)28-12-7-11-27(38)22-28;33-25-17-7-5-9-19(15-17)27(35)31-23-13-3-4-14-24(23)32-28(36)20-10-6-8-18(16-20)26(34)30-22-12-2-1-11-21(22)29-25/h7-9,11-16,22-24,26,33-37H,1-6,10,17-21,25H2,(H,44,50)(H,45,51)(H,46,53)(H,47,52)(H,48,54);5-10,15-16,21-24H,1-4,11-14H2,(H,29,33)(H,30,34)(H,31,35)(H,32,36). The summed E-state index contributed by atoms with van der Waals surface area (Å²) in [5, 5.41) is 27.9. The van der Waals surface area contributed by atoms with Crippen LogP contribution in [-0.4, -0.2) is 113 Å². The summed E-state index contributed by atoms with van der Waals surface area (Å²) in [4.78, 5) is 134. The number of nitrogens with one attached hydrogen (secondary N) is 9. The molecule has 0 radical (unpaired) electrons. The Balaban J connectivity index is 0.000000201. The van der Waals surface area contributed by atoms with Gasteiger partial charge >= 0.3 is 0 Å². The van der Waals surface area contributed by atoms with Crippen molar-refractivity contribution in [3.05, 3.63) is 177 Å². The first-order chi connectivity index (χ1) is 43.7. The molecule has 9 amide bonds. The van der Waals surface area contributed by atoms with E-state index in [0.29, 0.717) is 81.3 Å². The fourth-order valence-corrected chi connectivity index (χ4v) is 14.2. The van der Waals surface area contributed by atoms with Crippen LogP contribution in [0.25, 0.3) is 0 Å². The Hall–Kier alpha value is -9.00. The molecule has 5 fully saturated rings. The maximum absolute atomic E-state index is 13.7. The minimum absolute atomic E-state index is 0.0768. The summed E-state index contributed by atoms with van der Waals surface area (Å²) in [7, 11) is 0. The summed E-state index contributed by atoms with van der Waals surface area (Å²) >= 11 is 0. The van der Waals surface area contributed by atoms with E-state index in [4.69, 9.17) is 0 Å². The topological polar surface area (TPSA) is 279 Å². The number of Topliss-reactive ketones (excluding diaryl/α,β-unsaturated/α-hetero) is 1. The van der Waals surface area contributed by atoms with Gasteiger partial charge in [-0.3, -0.25) is 47.9 Å². The molecular weight excluding hydrogens is 1140 g/mol. The zero-order valence-corrected chi connectivity index (χ0v) is 50.8. The van der Waals surface area contributed by atoms with Gasteiger partial charge < -0.3 is 47.9 Å². The van der Waals surface area contributed by atoms with Crippen molar-refractivity contribution in [3.8, 4) is 0 Å². The third-order valence-corrected chi connectivity index (χ3v) is 19.3. The molecule has 5 aromatic carbocycles. The maximum Gasteiger partial charge on any atom is 0.251 e. The monoisotopic (exact) mass is 1220 g/mol. The summed E-state index contributed by atoms with van der Waals surface area (Å²) < 4.78 is 0. The first kappa shape index (κ1) is 62.6. The van der Waals surface area contributed by atoms with E-state index >= 15 is 0 Å². The predicted octanol–water partition coefficient (Wildman–Crippen LogP) is 8.45. The fourth-order valence-electron chi connectivity index (χ4n) is 14.2. The van der Waals surface area contributed by atoms with Crippen LogP contribution in [0.1, 0.15) is 238 Å². The number of carbonyl (C=O) groups is 10. The van der Waals surface area contributed by atoms with Crippen molar-refractivity contribution in [2.45, 2.75) is 189 Å². The highest BCUT2D eigenvalue weighted by Gasteiger charge is 2.35. The number of fused-ring (bicyclic) bond motifs is 15. The summed E-state index contributed by atoms with van der Waals surface area (Å²) in [6.07, 6.45) is 16.8. The number of benzene rings is 5. The van der Waals surface area contributed by atoms with Gasteiger partial charge in [0.2, 0.25) is 0 Å². The third-order valence-electron chi connectivity index (χ3n) is 19.3. The van der Waals surface area contributed by atoms with Gasteiger partial charge in [0, 0.05) is 116 Å². The number of ketones is 1. The highest BCUT2D eigenvalue weighted by molar-refractivity contribution is 6.04. The molecule has 0 spiro atoms. The Bertz CT molecular complexity index is 3040. The van der Waals surface area contributed by atoms with E-state index in [-0.39, 0.29) is 126 Å². The molecule has 10 unspecified atom stereocenters. The highest BCUT2D eigenvalue weighted by atomic mass is 16.2. The summed E-state index contributed by atoms with van der Waals surface area (Å²) in [5.74, 6) is -2.83. The quantitative estimate of drug-likeness (QED) is 0.0713. The van der Waals surface area contributed by atoms with Gasteiger partial charge in [0.15, 0.2) is 5.78 Å². The van der Waals surface area contributed by atoms with E-state index < -0.39 is 0 Å². The van der Waals surface area contributed by atoms with Gasteiger partial charge in [-0.15, -0.1) is 0 Å². The average molecular weight is 1220 g/mol. The maximum atomic E-state index is 13.7. The first-order valence-electron chi connectivity index (χ1n) is 32.5. The fraction of sp³-hybridized carbons (Fsp3) is 0.437. The lowest BCUT2D eigenvalue weighted by molar-refractivity contribution is 0.0855. The van der Waals surface area contributed by atoms with Crippen molar-refractivity contribution in [3.63, 3.8) is 0 Å². The third kappa shape index (κ3) is 15.5. The zero-order chi connectivity index (χ0) is 62.7. The highest BCUT2D eigenvalue weighted by Crippen LogP contribution is 2.30. The van der Waals surface area contributed by atoms with Crippen LogP contribution in [-0.2, 0) is 0 Å². The Morgan fingerprint density at radius 1 is 0.211 bits per heavy atom. The Morgan fingerprint density at radius 3 is 0.600 bits per heavy atom. The Morgan fingerprint density at radius 2 is 0.378 bits per heavy atom. The Labute approximate surface area is 524 Å². The molecule has 10 bridgehead atoms. The molecule has 0 aromatic heterocycles. The molecule has 470 valence electrons. The van der Waals surface area contributed by atoms with Crippen molar-refractivity contribution in [1.29, 1.82) is 0 Å². The minimum atomic E-state index is -0.337. The molecule has 19 heteroatoms. The van der Waals surface area contributed by atoms with Gasteiger partial charge in [-0.2, -0.15) is 0 Å². The predicted molar refractivity (Wildman–Crippen MR) is 338 cm³/mol. The van der Waals surface area contributed by atoms with E-state index in [1.54, 1.807) is 121 Å². The number of hydrogen-bond acceptors (Lipinski definition) is 10. The molecule has 2 aliphatic heterocycles. The van der Waals surface area contributed by atoms with E-state index in [1.165, 1.54) is 0 Å². The van der Waals surface area contributed by atoms with E-state index in [0.717, 1.165) is 103 Å². The molecule has 12 rings (SSSR count). The van der Waals surface area contributed by atoms with Crippen LogP contribution >= 0.6 is 0 Å². The van der Waals surface area contributed by atoms with Gasteiger partial charge in [-0.1, -0.05) is 101 Å². The molecular formula is C71H81N9O10. The normalized spacial score (nSPS) is 27.2. The average Bonchev–Trinajstić information content (AvgIpc) is 1.80. The smallest absolute Gasteiger partial charge is 0.251 e. The molecule has 5 aromatic rings. The van der Waals surface area contributed by atoms with E-state index in [1.807, 2.05) is 0 Å². The molecule has 5 aliphatic carbocycles. The van der Waals surface area contributed by atoms with Crippen LogP contribution < -0.4 is 47.9 Å². The van der Waals surface area contributed by atoms with Gasteiger partial charge in [0.05, 0.1) is 0 Å². The molecule has 9 N–H and O–H groups in total. The molecule has 7 aliphatic rings.